The van der Waals surface area contributed by atoms with Crippen LogP contribution >= 0.6 is 0 Å². The van der Waals surface area contributed by atoms with Crippen LogP contribution in [0.4, 0.5) is 5.69 Å². The lowest BCUT2D eigenvalue weighted by Gasteiger charge is -2.18. The Bertz CT molecular complexity index is 773. The van der Waals surface area contributed by atoms with Crippen LogP contribution in [0.5, 0.6) is 0 Å². The van der Waals surface area contributed by atoms with Gasteiger partial charge in [0.1, 0.15) is 0 Å². The van der Waals surface area contributed by atoms with Crippen molar-refractivity contribution in [2.45, 2.75) is 6.92 Å². The number of nitrogens with zero attached hydrogens (tertiary/aromatic N) is 1. The van der Waals surface area contributed by atoms with Gasteiger partial charge in [-0.2, -0.15) is 0 Å². The maximum Gasteiger partial charge on any atom is 0.258 e. The number of amides is 1. The van der Waals surface area contributed by atoms with Crippen LogP contribution < -0.4 is 4.90 Å². The normalized spacial score (nSPS) is 10.7. The molecular weight excluding hydrogens is 248 g/mol. The summed E-state index contributed by atoms with van der Waals surface area (Å²) >= 11 is 0. The van der Waals surface area contributed by atoms with Gasteiger partial charge in [0.2, 0.25) is 0 Å². The highest BCUT2D eigenvalue weighted by molar-refractivity contribution is 6.07. The molecule has 3 rings (SSSR count). The summed E-state index contributed by atoms with van der Waals surface area (Å²) in [6, 6.07) is 15.6. The first kappa shape index (κ1) is 12.5. The third kappa shape index (κ3) is 2.18. The Labute approximate surface area is 117 Å². The number of fused-ring (bicyclic) bond motifs is 1. The molecule has 0 spiro atoms. The summed E-state index contributed by atoms with van der Waals surface area (Å²) in [6.45, 7) is 2.02. The average molecular weight is 264 g/mol. The van der Waals surface area contributed by atoms with Crippen molar-refractivity contribution in [2.75, 3.05) is 11.9 Å². The third-order valence-electron chi connectivity index (χ3n) is 3.50. The molecule has 1 aromatic heterocycles. The summed E-state index contributed by atoms with van der Waals surface area (Å²) in [6.07, 6.45) is 1.88. The Morgan fingerprint density at radius 1 is 1.10 bits per heavy atom. The predicted molar refractivity (Wildman–Crippen MR) is 82.2 cm³/mol. The van der Waals surface area contributed by atoms with Gasteiger partial charge < -0.3 is 9.88 Å². The first-order valence-electron chi connectivity index (χ1n) is 6.57. The molecular formula is C17H16N2O. The molecule has 0 aliphatic rings. The Hall–Kier alpha value is -2.55. The zero-order valence-corrected chi connectivity index (χ0v) is 11.6. The Kier molecular flexibility index (Phi) is 3.03. The zero-order chi connectivity index (χ0) is 14.1. The van der Waals surface area contributed by atoms with Crippen LogP contribution in [0, 0.1) is 6.92 Å². The second-order valence-electron chi connectivity index (χ2n) is 4.98. The van der Waals surface area contributed by atoms with E-state index >= 15 is 0 Å². The average Bonchev–Trinajstić information content (AvgIpc) is 2.93. The van der Waals surface area contributed by atoms with Crippen molar-refractivity contribution in [3.8, 4) is 0 Å². The molecule has 0 radical (unpaired) electrons. The van der Waals surface area contributed by atoms with Crippen LogP contribution in [0.25, 0.3) is 10.9 Å². The van der Waals surface area contributed by atoms with Gasteiger partial charge in [0.25, 0.3) is 5.91 Å². The number of rotatable bonds is 2. The Morgan fingerprint density at radius 2 is 1.95 bits per heavy atom. The zero-order valence-electron chi connectivity index (χ0n) is 11.6. The summed E-state index contributed by atoms with van der Waals surface area (Å²) in [5, 5.41) is 1.11. The Balaban J connectivity index is 1.94. The van der Waals surface area contributed by atoms with E-state index in [1.54, 1.807) is 11.9 Å². The Morgan fingerprint density at radius 3 is 2.75 bits per heavy atom. The number of nitrogens with one attached hydrogen (secondary N) is 1. The number of carbonyl (C=O) groups excluding carboxylic acids is 1. The second kappa shape index (κ2) is 4.85. The number of aromatic nitrogens is 1. The van der Waals surface area contributed by atoms with Crippen LogP contribution in [0.3, 0.4) is 0 Å². The van der Waals surface area contributed by atoms with Gasteiger partial charge in [-0.05, 0) is 48.2 Å². The summed E-state index contributed by atoms with van der Waals surface area (Å²) in [5.74, 6) is -0.00731. The van der Waals surface area contributed by atoms with Gasteiger partial charge in [0.15, 0.2) is 0 Å². The maximum atomic E-state index is 12.5. The van der Waals surface area contributed by atoms with E-state index < -0.39 is 0 Å². The van der Waals surface area contributed by atoms with Gasteiger partial charge in [-0.3, -0.25) is 4.79 Å². The summed E-state index contributed by atoms with van der Waals surface area (Å²) in [4.78, 5) is 17.3. The first-order chi connectivity index (χ1) is 9.65. The predicted octanol–water partition coefficient (Wildman–Crippen LogP) is 3.75. The highest BCUT2D eigenvalue weighted by Gasteiger charge is 2.14. The molecule has 100 valence electrons. The minimum absolute atomic E-state index is 0.00731. The number of benzene rings is 2. The van der Waals surface area contributed by atoms with E-state index in [-0.39, 0.29) is 5.91 Å². The monoisotopic (exact) mass is 264 g/mol. The van der Waals surface area contributed by atoms with Gasteiger partial charge in [-0.25, -0.2) is 0 Å². The molecule has 1 N–H and O–H groups in total. The fourth-order valence-electron chi connectivity index (χ4n) is 2.33. The lowest BCUT2D eigenvalue weighted by Crippen LogP contribution is -2.26. The van der Waals surface area contributed by atoms with Crippen molar-refractivity contribution < 1.29 is 4.79 Å². The van der Waals surface area contributed by atoms with E-state index in [1.807, 2.05) is 61.7 Å². The van der Waals surface area contributed by atoms with E-state index in [0.29, 0.717) is 5.56 Å². The molecule has 0 unspecified atom stereocenters. The molecule has 1 heterocycles. The van der Waals surface area contributed by atoms with Gasteiger partial charge in [0.05, 0.1) is 0 Å². The number of H-pyrrole nitrogens is 1. The highest BCUT2D eigenvalue weighted by Crippen LogP contribution is 2.19. The van der Waals surface area contributed by atoms with Crippen molar-refractivity contribution in [3.05, 3.63) is 65.9 Å². The van der Waals surface area contributed by atoms with Crippen molar-refractivity contribution in [2.24, 2.45) is 0 Å². The lowest BCUT2D eigenvalue weighted by molar-refractivity contribution is 0.0993. The number of carbonyl (C=O) groups is 1. The molecule has 3 heteroatoms. The van der Waals surface area contributed by atoms with E-state index in [4.69, 9.17) is 0 Å². The van der Waals surface area contributed by atoms with Crippen LogP contribution in [-0.4, -0.2) is 17.9 Å². The largest absolute Gasteiger partial charge is 0.361 e. The molecule has 0 aliphatic heterocycles. The SMILES string of the molecule is Cc1cccc(N(C)C(=O)c2ccc3cc[nH]c3c2)c1. The van der Waals surface area contributed by atoms with Gasteiger partial charge >= 0.3 is 0 Å². The standard InChI is InChI=1S/C17H16N2O/c1-12-4-3-5-15(10-12)19(2)17(20)14-7-6-13-8-9-18-16(13)11-14/h3-11,18H,1-2H3. The van der Waals surface area contributed by atoms with E-state index in [2.05, 4.69) is 4.98 Å². The van der Waals surface area contributed by atoms with E-state index in [0.717, 1.165) is 22.2 Å². The van der Waals surface area contributed by atoms with Crippen LogP contribution in [0.2, 0.25) is 0 Å². The molecule has 0 saturated heterocycles. The first-order valence-corrected chi connectivity index (χ1v) is 6.57. The molecule has 3 aromatic rings. The molecule has 20 heavy (non-hydrogen) atoms. The molecule has 0 aliphatic carbocycles. The van der Waals surface area contributed by atoms with Crippen LogP contribution in [-0.2, 0) is 0 Å². The fourth-order valence-corrected chi connectivity index (χ4v) is 2.33. The third-order valence-corrected chi connectivity index (χ3v) is 3.50. The number of hydrogen-bond donors (Lipinski definition) is 1. The quantitative estimate of drug-likeness (QED) is 0.751. The highest BCUT2D eigenvalue weighted by atomic mass is 16.2. The van der Waals surface area contributed by atoms with Crippen molar-refractivity contribution in [1.82, 2.24) is 4.98 Å². The number of aryl methyl sites for hydroxylation is 1. The summed E-state index contributed by atoms with van der Waals surface area (Å²) < 4.78 is 0. The summed E-state index contributed by atoms with van der Waals surface area (Å²) in [7, 11) is 1.80. The van der Waals surface area contributed by atoms with Crippen molar-refractivity contribution in [3.63, 3.8) is 0 Å². The van der Waals surface area contributed by atoms with Gasteiger partial charge in [-0.1, -0.05) is 18.2 Å². The number of aromatic amines is 1. The maximum absolute atomic E-state index is 12.5. The minimum Gasteiger partial charge on any atom is -0.361 e. The second-order valence-corrected chi connectivity index (χ2v) is 4.98. The molecule has 0 atom stereocenters. The molecule has 1 amide bonds. The van der Waals surface area contributed by atoms with E-state index in [9.17, 15) is 4.79 Å². The fraction of sp³-hybridized carbons (Fsp3) is 0.118. The molecule has 2 aromatic carbocycles. The van der Waals surface area contributed by atoms with Crippen LogP contribution in [0.1, 0.15) is 15.9 Å². The van der Waals surface area contributed by atoms with Crippen molar-refractivity contribution >= 4 is 22.5 Å². The van der Waals surface area contributed by atoms with Gasteiger partial charge in [0, 0.05) is 30.0 Å². The smallest absolute Gasteiger partial charge is 0.258 e. The number of anilines is 1. The topological polar surface area (TPSA) is 36.1 Å². The molecule has 3 nitrogen and oxygen atoms in total. The molecule has 0 bridgehead atoms. The van der Waals surface area contributed by atoms with Crippen LogP contribution in [0.15, 0.2) is 54.7 Å². The molecule has 0 saturated carbocycles. The number of hydrogen-bond acceptors (Lipinski definition) is 1. The van der Waals surface area contributed by atoms with Gasteiger partial charge in [-0.15, -0.1) is 0 Å². The lowest BCUT2D eigenvalue weighted by atomic mass is 10.1. The van der Waals surface area contributed by atoms with Crippen molar-refractivity contribution in [1.29, 1.82) is 0 Å². The van der Waals surface area contributed by atoms with E-state index in [1.165, 1.54) is 0 Å². The summed E-state index contributed by atoms with van der Waals surface area (Å²) in [5.41, 5.74) is 3.71. The minimum atomic E-state index is -0.00731. The molecule has 0 fully saturated rings.